The van der Waals surface area contributed by atoms with Crippen LogP contribution in [0.4, 0.5) is 5.69 Å². The monoisotopic (exact) mass is 206 g/mol. The van der Waals surface area contributed by atoms with E-state index in [4.69, 9.17) is 4.74 Å². The van der Waals surface area contributed by atoms with E-state index in [-0.39, 0.29) is 5.69 Å². The third-order valence-electron chi connectivity index (χ3n) is 2.24. The fourth-order valence-electron chi connectivity index (χ4n) is 1.50. The van der Waals surface area contributed by atoms with Crippen LogP contribution in [-0.2, 0) is 4.74 Å². The van der Waals surface area contributed by atoms with Crippen LogP contribution in [0.2, 0.25) is 0 Å². The Kier molecular flexibility index (Phi) is 2.37. The minimum Gasteiger partial charge on any atom is -0.476 e. The Balaban J connectivity index is 2.38. The lowest BCUT2D eigenvalue weighted by Gasteiger charge is -2.04. The maximum atomic E-state index is 10.5. The minimum absolute atomic E-state index is 0.0925. The van der Waals surface area contributed by atoms with E-state index in [0.29, 0.717) is 19.0 Å². The van der Waals surface area contributed by atoms with Gasteiger partial charge in [-0.25, -0.2) is 4.99 Å². The lowest BCUT2D eigenvalue weighted by Crippen LogP contribution is -2.04. The van der Waals surface area contributed by atoms with Crippen molar-refractivity contribution in [3.63, 3.8) is 0 Å². The number of nitrogens with zero attached hydrogens (tertiary/aromatic N) is 2. The van der Waals surface area contributed by atoms with Crippen LogP contribution in [0.5, 0.6) is 0 Å². The van der Waals surface area contributed by atoms with Gasteiger partial charge in [-0.2, -0.15) is 0 Å². The Hall–Kier alpha value is -1.91. The van der Waals surface area contributed by atoms with Crippen molar-refractivity contribution in [2.45, 2.75) is 6.92 Å². The number of aryl methyl sites for hydroxylation is 1. The van der Waals surface area contributed by atoms with E-state index in [9.17, 15) is 10.1 Å². The smallest absolute Gasteiger partial charge is 0.269 e. The molecule has 78 valence electrons. The van der Waals surface area contributed by atoms with E-state index in [0.717, 1.165) is 11.1 Å². The molecule has 0 saturated heterocycles. The number of hydrogen-bond donors (Lipinski definition) is 0. The van der Waals surface area contributed by atoms with Crippen LogP contribution < -0.4 is 0 Å². The van der Waals surface area contributed by atoms with Crippen molar-refractivity contribution in [2.24, 2.45) is 4.99 Å². The highest BCUT2D eigenvalue weighted by molar-refractivity contribution is 5.96. The molecule has 0 unspecified atom stereocenters. The lowest BCUT2D eigenvalue weighted by molar-refractivity contribution is -0.384. The van der Waals surface area contributed by atoms with Gasteiger partial charge in [0.1, 0.15) is 6.61 Å². The SMILES string of the molecule is Cc1cc([N+](=O)[O-])ccc1C1=NCCO1. The second kappa shape index (κ2) is 3.68. The van der Waals surface area contributed by atoms with Gasteiger partial charge in [-0.1, -0.05) is 0 Å². The van der Waals surface area contributed by atoms with Crippen LogP contribution in [0.25, 0.3) is 0 Å². The van der Waals surface area contributed by atoms with Crippen LogP contribution in [0.3, 0.4) is 0 Å². The molecule has 0 aliphatic carbocycles. The Morgan fingerprint density at radius 1 is 1.53 bits per heavy atom. The number of benzene rings is 1. The molecule has 0 aromatic heterocycles. The normalized spacial score (nSPS) is 14.6. The largest absolute Gasteiger partial charge is 0.476 e. The number of nitro benzene ring substituents is 1. The molecule has 2 rings (SSSR count). The minimum atomic E-state index is -0.409. The highest BCUT2D eigenvalue weighted by Gasteiger charge is 2.15. The highest BCUT2D eigenvalue weighted by atomic mass is 16.6. The zero-order chi connectivity index (χ0) is 10.8. The molecule has 1 aromatic carbocycles. The molecule has 5 heteroatoms. The second-order valence-corrected chi connectivity index (χ2v) is 3.29. The summed E-state index contributed by atoms with van der Waals surface area (Å²) < 4.78 is 5.30. The van der Waals surface area contributed by atoms with Crippen LogP contribution in [0.15, 0.2) is 23.2 Å². The van der Waals surface area contributed by atoms with Crippen LogP contribution in [0.1, 0.15) is 11.1 Å². The van der Waals surface area contributed by atoms with Gasteiger partial charge in [0, 0.05) is 17.7 Å². The third-order valence-corrected chi connectivity index (χ3v) is 2.24. The highest BCUT2D eigenvalue weighted by Crippen LogP contribution is 2.19. The molecular weight excluding hydrogens is 196 g/mol. The quantitative estimate of drug-likeness (QED) is 0.546. The topological polar surface area (TPSA) is 64.7 Å². The summed E-state index contributed by atoms with van der Waals surface area (Å²) in [5.74, 6) is 0.586. The van der Waals surface area contributed by atoms with Gasteiger partial charge < -0.3 is 4.74 Å². The summed E-state index contributed by atoms with van der Waals surface area (Å²) in [4.78, 5) is 14.3. The van der Waals surface area contributed by atoms with Crippen molar-refractivity contribution in [1.29, 1.82) is 0 Å². The number of nitro groups is 1. The van der Waals surface area contributed by atoms with Crippen LogP contribution in [0, 0.1) is 17.0 Å². The maximum absolute atomic E-state index is 10.5. The van der Waals surface area contributed by atoms with Gasteiger partial charge >= 0.3 is 0 Å². The van der Waals surface area contributed by atoms with Gasteiger partial charge in [0.15, 0.2) is 0 Å². The second-order valence-electron chi connectivity index (χ2n) is 3.29. The van der Waals surface area contributed by atoms with Crippen molar-refractivity contribution in [1.82, 2.24) is 0 Å². The summed E-state index contributed by atoms with van der Waals surface area (Å²) in [6.45, 7) is 3.06. The fourth-order valence-corrected chi connectivity index (χ4v) is 1.50. The summed E-state index contributed by atoms with van der Waals surface area (Å²) in [6.07, 6.45) is 0. The number of rotatable bonds is 2. The Labute approximate surface area is 86.5 Å². The summed E-state index contributed by atoms with van der Waals surface area (Å²) >= 11 is 0. The van der Waals surface area contributed by atoms with E-state index < -0.39 is 4.92 Å². The number of aliphatic imine (C=N–C) groups is 1. The molecule has 0 fully saturated rings. The molecule has 0 bridgehead atoms. The van der Waals surface area contributed by atoms with Crippen molar-refractivity contribution in [2.75, 3.05) is 13.2 Å². The lowest BCUT2D eigenvalue weighted by atomic mass is 10.1. The first-order valence-corrected chi connectivity index (χ1v) is 4.61. The molecule has 0 N–H and O–H groups in total. The van der Waals surface area contributed by atoms with Crippen LogP contribution in [-0.4, -0.2) is 24.0 Å². The molecule has 0 atom stereocenters. The van der Waals surface area contributed by atoms with Gasteiger partial charge in [-0.15, -0.1) is 0 Å². The van der Waals surface area contributed by atoms with E-state index in [1.807, 2.05) is 6.92 Å². The number of ether oxygens (including phenoxy) is 1. The Morgan fingerprint density at radius 2 is 2.33 bits per heavy atom. The Morgan fingerprint density at radius 3 is 2.87 bits per heavy atom. The first-order chi connectivity index (χ1) is 7.18. The van der Waals surface area contributed by atoms with E-state index in [1.54, 1.807) is 6.07 Å². The van der Waals surface area contributed by atoms with Gasteiger partial charge in [0.05, 0.1) is 11.5 Å². The molecule has 1 aliphatic heterocycles. The van der Waals surface area contributed by atoms with Gasteiger partial charge in [0.2, 0.25) is 5.90 Å². The molecule has 5 nitrogen and oxygen atoms in total. The first kappa shape index (κ1) is 9.64. The van der Waals surface area contributed by atoms with Crippen molar-refractivity contribution >= 4 is 11.6 Å². The van der Waals surface area contributed by atoms with Gasteiger partial charge in [-0.05, 0) is 18.6 Å². The molecule has 1 aromatic rings. The average Bonchev–Trinajstić information content (AvgIpc) is 2.70. The zero-order valence-electron chi connectivity index (χ0n) is 8.27. The fraction of sp³-hybridized carbons (Fsp3) is 0.300. The molecule has 0 radical (unpaired) electrons. The summed E-state index contributed by atoms with van der Waals surface area (Å²) in [6, 6.07) is 4.67. The van der Waals surface area contributed by atoms with Crippen molar-refractivity contribution in [3.8, 4) is 0 Å². The van der Waals surface area contributed by atoms with Crippen molar-refractivity contribution in [3.05, 3.63) is 39.4 Å². The van der Waals surface area contributed by atoms with Gasteiger partial charge in [0.25, 0.3) is 5.69 Å². The standard InChI is InChI=1S/C10H10N2O3/c1-7-6-8(12(13)14)2-3-9(7)10-11-4-5-15-10/h2-3,6H,4-5H2,1H3. The van der Waals surface area contributed by atoms with Gasteiger partial charge in [-0.3, -0.25) is 10.1 Å². The predicted octanol–water partition coefficient (Wildman–Crippen LogP) is 1.68. The molecule has 15 heavy (non-hydrogen) atoms. The molecule has 1 aliphatic rings. The summed E-state index contributed by atoms with van der Waals surface area (Å²) in [7, 11) is 0. The number of hydrogen-bond acceptors (Lipinski definition) is 4. The molecular formula is C10H10N2O3. The summed E-state index contributed by atoms with van der Waals surface area (Å²) in [5, 5.41) is 10.5. The maximum Gasteiger partial charge on any atom is 0.269 e. The summed E-state index contributed by atoms with van der Waals surface area (Å²) in [5.41, 5.74) is 1.73. The van der Waals surface area contributed by atoms with Crippen molar-refractivity contribution < 1.29 is 9.66 Å². The molecule has 1 heterocycles. The zero-order valence-corrected chi connectivity index (χ0v) is 8.27. The van der Waals surface area contributed by atoms with E-state index in [2.05, 4.69) is 4.99 Å². The average molecular weight is 206 g/mol. The third kappa shape index (κ3) is 1.81. The van der Waals surface area contributed by atoms with Crippen LogP contribution >= 0.6 is 0 Å². The Bertz CT molecular complexity index is 440. The molecule has 0 saturated carbocycles. The molecule has 0 spiro atoms. The number of non-ortho nitro benzene ring substituents is 1. The first-order valence-electron chi connectivity index (χ1n) is 4.61. The van der Waals surface area contributed by atoms with E-state index >= 15 is 0 Å². The van der Waals surface area contributed by atoms with E-state index in [1.165, 1.54) is 12.1 Å². The molecule has 0 amide bonds. The predicted molar refractivity (Wildman–Crippen MR) is 55.2 cm³/mol.